The second-order valence-electron chi connectivity index (χ2n) is 7.74. The van der Waals surface area contributed by atoms with E-state index in [1.54, 1.807) is 0 Å². The van der Waals surface area contributed by atoms with Gasteiger partial charge in [0.25, 0.3) is 0 Å². The lowest BCUT2D eigenvalue weighted by molar-refractivity contribution is -0.118. The number of rotatable bonds is 5. The van der Waals surface area contributed by atoms with E-state index >= 15 is 0 Å². The number of amides is 1. The van der Waals surface area contributed by atoms with Gasteiger partial charge in [-0.1, -0.05) is 29.5 Å². The lowest BCUT2D eigenvalue weighted by atomic mass is 10.1. The second-order valence-corrected chi connectivity index (χ2v) is 8.68. The number of nitrogens with one attached hydrogen (secondary N) is 1. The lowest BCUT2D eigenvalue weighted by Gasteiger charge is -2.11. The van der Waals surface area contributed by atoms with Gasteiger partial charge in [-0.25, -0.2) is 0 Å². The van der Waals surface area contributed by atoms with Crippen molar-refractivity contribution in [2.75, 3.05) is 12.5 Å². The van der Waals surface area contributed by atoms with Crippen LogP contribution in [-0.2, 0) is 11.3 Å². The largest absolute Gasteiger partial charge is 0.454 e. The third-order valence-corrected chi connectivity index (χ3v) is 6.24. The predicted octanol–water partition coefficient (Wildman–Crippen LogP) is 3.94. The van der Waals surface area contributed by atoms with E-state index in [2.05, 4.69) is 52.0 Å². The molecule has 1 aliphatic rings. The van der Waals surface area contributed by atoms with Gasteiger partial charge in [0.1, 0.15) is 0 Å². The van der Waals surface area contributed by atoms with Crippen LogP contribution >= 0.6 is 11.8 Å². The molecular formula is C23H22N4O3S. The van der Waals surface area contributed by atoms with Crippen LogP contribution in [0.15, 0.2) is 41.6 Å². The smallest absolute Gasteiger partial charge is 0.231 e. The van der Waals surface area contributed by atoms with Crippen molar-refractivity contribution >= 4 is 34.2 Å². The monoisotopic (exact) mass is 434 g/mol. The summed E-state index contributed by atoms with van der Waals surface area (Å²) >= 11 is 1.39. The molecular weight excluding hydrogens is 412 g/mol. The first-order chi connectivity index (χ1) is 15.0. The first-order valence-corrected chi connectivity index (χ1v) is 11.0. The summed E-state index contributed by atoms with van der Waals surface area (Å²) in [4.78, 5) is 12.5. The third-order valence-electron chi connectivity index (χ3n) is 5.32. The van der Waals surface area contributed by atoms with Crippen molar-refractivity contribution in [3.63, 3.8) is 0 Å². The predicted molar refractivity (Wildman–Crippen MR) is 120 cm³/mol. The summed E-state index contributed by atoms with van der Waals surface area (Å²) in [6.07, 6.45) is 0. The van der Waals surface area contributed by atoms with E-state index in [0.717, 1.165) is 39.0 Å². The van der Waals surface area contributed by atoms with Crippen molar-refractivity contribution in [2.45, 2.75) is 32.5 Å². The number of carbonyl (C=O) groups is 1. The molecule has 7 nitrogen and oxygen atoms in total. The highest BCUT2D eigenvalue weighted by molar-refractivity contribution is 7.99. The summed E-state index contributed by atoms with van der Waals surface area (Å²) in [5, 5.41) is 13.6. The molecule has 158 valence electrons. The van der Waals surface area contributed by atoms with Crippen LogP contribution in [0.1, 0.15) is 22.3 Å². The summed E-state index contributed by atoms with van der Waals surface area (Å²) in [6, 6.07) is 12.1. The van der Waals surface area contributed by atoms with Gasteiger partial charge in [-0.2, -0.15) is 0 Å². The molecule has 0 atom stereocenters. The quantitative estimate of drug-likeness (QED) is 0.480. The van der Waals surface area contributed by atoms with Crippen molar-refractivity contribution in [2.24, 2.45) is 0 Å². The molecule has 0 spiro atoms. The zero-order valence-electron chi connectivity index (χ0n) is 17.6. The number of thioether (sulfide) groups is 1. The Morgan fingerprint density at radius 2 is 1.90 bits per heavy atom. The Bertz CT molecular complexity index is 1330. The van der Waals surface area contributed by atoms with E-state index in [0.29, 0.717) is 17.5 Å². The van der Waals surface area contributed by atoms with Gasteiger partial charge in [0.15, 0.2) is 22.3 Å². The van der Waals surface area contributed by atoms with Crippen LogP contribution in [0, 0.1) is 20.8 Å². The van der Waals surface area contributed by atoms with Crippen molar-refractivity contribution in [1.82, 2.24) is 19.9 Å². The summed E-state index contributed by atoms with van der Waals surface area (Å²) in [6.45, 7) is 6.89. The number of hydrogen-bond donors (Lipinski definition) is 1. The molecule has 0 radical (unpaired) electrons. The first-order valence-electron chi connectivity index (χ1n) is 10.0. The minimum absolute atomic E-state index is 0.0658. The Morgan fingerprint density at radius 1 is 1.06 bits per heavy atom. The maximum Gasteiger partial charge on any atom is 0.231 e. The fourth-order valence-electron chi connectivity index (χ4n) is 3.96. The SMILES string of the molecule is Cc1cc(C)c2c(c1)cc(C)c1nnc(SCC(=O)NCc3ccc4c(c3)OCO4)n12. The molecule has 31 heavy (non-hydrogen) atoms. The minimum Gasteiger partial charge on any atom is -0.454 e. The van der Waals surface area contributed by atoms with Gasteiger partial charge < -0.3 is 14.8 Å². The number of nitrogens with zero attached hydrogens (tertiary/aromatic N) is 3. The maximum absolute atomic E-state index is 12.5. The summed E-state index contributed by atoms with van der Waals surface area (Å²) in [7, 11) is 0. The number of pyridine rings is 1. The van der Waals surface area contributed by atoms with Crippen LogP contribution in [0.25, 0.3) is 16.6 Å². The van der Waals surface area contributed by atoms with Crippen molar-refractivity contribution < 1.29 is 14.3 Å². The van der Waals surface area contributed by atoms with Crippen LogP contribution in [-0.4, -0.2) is 33.1 Å². The van der Waals surface area contributed by atoms with Crippen LogP contribution in [0.5, 0.6) is 11.5 Å². The van der Waals surface area contributed by atoms with E-state index in [4.69, 9.17) is 9.47 Å². The Balaban J connectivity index is 1.33. The van der Waals surface area contributed by atoms with E-state index in [9.17, 15) is 4.79 Å². The normalized spacial score (nSPS) is 12.6. The molecule has 2 aromatic heterocycles. The zero-order valence-corrected chi connectivity index (χ0v) is 18.4. The highest BCUT2D eigenvalue weighted by Gasteiger charge is 2.16. The third kappa shape index (κ3) is 3.67. The average Bonchev–Trinajstić information content (AvgIpc) is 3.37. The molecule has 0 bridgehead atoms. The number of hydrogen-bond acceptors (Lipinski definition) is 6. The first kappa shape index (κ1) is 19.7. The molecule has 0 unspecified atom stereocenters. The van der Waals surface area contributed by atoms with Crippen LogP contribution in [0.4, 0.5) is 0 Å². The molecule has 2 aromatic carbocycles. The number of aryl methyl sites for hydroxylation is 3. The van der Waals surface area contributed by atoms with Gasteiger partial charge in [-0.3, -0.25) is 9.20 Å². The highest BCUT2D eigenvalue weighted by Crippen LogP contribution is 2.32. The zero-order chi connectivity index (χ0) is 21.5. The van der Waals surface area contributed by atoms with Gasteiger partial charge in [-0.15, -0.1) is 10.2 Å². The topological polar surface area (TPSA) is 77.8 Å². The number of fused-ring (bicyclic) bond motifs is 4. The number of aromatic nitrogens is 3. The standard InChI is InChI=1S/C23H22N4O3S/c1-13-6-14(2)21-17(7-13)8-15(3)22-25-26-23(27(21)22)31-11-20(28)24-10-16-4-5-18-19(9-16)30-12-29-18/h4-9H,10-12H2,1-3H3,(H,24,28). The molecule has 0 saturated heterocycles. The molecule has 4 aromatic rings. The molecule has 3 heterocycles. The van der Waals surface area contributed by atoms with Crippen LogP contribution in [0.2, 0.25) is 0 Å². The van der Waals surface area contributed by atoms with Crippen LogP contribution < -0.4 is 14.8 Å². The second kappa shape index (κ2) is 7.77. The van der Waals surface area contributed by atoms with Gasteiger partial charge >= 0.3 is 0 Å². The number of benzene rings is 2. The number of carbonyl (C=O) groups excluding carboxylic acids is 1. The fraction of sp³-hybridized carbons (Fsp3) is 0.261. The van der Waals surface area contributed by atoms with Crippen molar-refractivity contribution in [1.29, 1.82) is 0 Å². The van der Waals surface area contributed by atoms with Crippen molar-refractivity contribution in [3.05, 3.63) is 58.7 Å². The Kier molecular flexibility index (Phi) is 4.94. The van der Waals surface area contributed by atoms with Gasteiger partial charge in [0.05, 0.1) is 11.3 Å². The summed E-state index contributed by atoms with van der Waals surface area (Å²) < 4.78 is 12.8. The molecule has 1 aliphatic heterocycles. The lowest BCUT2D eigenvalue weighted by Crippen LogP contribution is -2.24. The highest BCUT2D eigenvalue weighted by atomic mass is 32.2. The molecule has 8 heteroatoms. The Labute approximate surface area is 183 Å². The summed E-state index contributed by atoms with van der Waals surface area (Å²) in [5.74, 6) is 1.64. The average molecular weight is 435 g/mol. The molecule has 1 amide bonds. The van der Waals surface area contributed by atoms with Crippen molar-refractivity contribution in [3.8, 4) is 11.5 Å². The van der Waals surface area contributed by atoms with Crippen LogP contribution in [0.3, 0.4) is 0 Å². The minimum atomic E-state index is -0.0658. The molecule has 0 saturated carbocycles. The Hall–Kier alpha value is -3.26. The Morgan fingerprint density at radius 3 is 2.77 bits per heavy atom. The summed E-state index contributed by atoms with van der Waals surface area (Å²) in [5.41, 5.74) is 6.30. The molecule has 0 fully saturated rings. The maximum atomic E-state index is 12.5. The van der Waals surface area contributed by atoms with E-state index in [1.165, 1.54) is 17.3 Å². The fourth-order valence-corrected chi connectivity index (χ4v) is 4.73. The van der Waals surface area contributed by atoms with E-state index in [-0.39, 0.29) is 18.5 Å². The van der Waals surface area contributed by atoms with Gasteiger partial charge in [-0.05, 0) is 67.1 Å². The molecule has 5 rings (SSSR count). The van der Waals surface area contributed by atoms with E-state index < -0.39 is 0 Å². The van der Waals surface area contributed by atoms with E-state index in [1.807, 2.05) is 25.1 Å². The molecule has 1 N–H and O–H groups in total. The molecule has 0 aliphatic carbocycles. The van der Waals surface area contributed by atoms with Gasteiger partial charge in [0.2, 0.25) is 12.7 Å². The van der Waals surface area contributed by atoms with Gasteiger partial charge in [0, 0.05) is 6.54 Å². The number of ether oxygens (including phenoxy) is 2.